The van der Waals surface area contributed by atoms with Gasteiger partial charge in [-0.15, -0.1) is 0 Å². The molecule has 5 heterocycles. The molecule has 2 aromatic rings. The monoisotopic (exact) mass is 555 g/mol. The minimum absolute atomic E-state index is 0.0958. The van der Waals surface area contributed by atoms with E-state index in [9.17, 15) is 25.5 Å². The maximum atomic E-state index is 10.9. The fourth-order valence-electron chi connectivity index (χ4n) is 7.87. The zero-order valence-electron chi connectivity index (χ0n) is 21.9. The molecular formula is C27H33N5O8. The lowest BCUT2D eigenvalue weighted by Crippen LogP contribution is -2.66. The van der Waals surface area contributed by atoms with E-state index in [0.717, 1.165) is 24.9 Å². The van der Waals surface area contributed by atoms with Crippen molar-refractivity contribution in [2.75, 3.05) is 18.9 Å². The lowest BCUT2D eigenvalue weighted by Gasteiger charge is -2.57. The number of ether oxygens (including phenoxy) is 3. The topological polar surface area (TPSA) is 175 Å². The van der Waals surface area contributed by atoms with Gasteiger partial charge in [0.25, 0.3) is 0 Å². The van der Waals surface area contributed by atoms with Gasteiger partial charge >= 0.3 is 0 Å². The summed E-state index contributed by atoms with van der Waals surface area (Å²) in [7, 11) is 2.14. The normalized spacial score (nSPS) is 43.0. The predicted octanol–water partition coefficient (Wildman–Crippen LogP) is -0.872. The summed E-state index contributed by atoms with van der Waals surface area (Å²) in [5.74, 6) is 1.18. The minimum Gasteiger partial charge on any atom is -0.504 e. The summed E-state index contributed by atoms with van der Waals surface area (Å²) in [5, 5.41) is 60.4. The maximum absolute atomic E-state index is 10.9. The summed E-state index contributed by atoms with van der Waals surface area (Å²) in [5.41, 5.74) is 1.80. The van der Waals surface area contributed by atoms with Gasteiger partial charge in [-0.05, 0) is 38.1 Å². The molecule has 1 spiro atoms. The number of aliphatic hydroxyl groups excluding tert-OH is 4. The highest BCUT2D eigenvalue weighted by Crippen LogP contribution is 2.62. The van der Waals surface area contributed by atoms with Crippen LogP contribution in [0.3, 0.4) is 0 Å². The van der Waals surface area contributed by atoms with Crippen molar-refractivity contribution in [1.29, 1.82) is 0 Å². The lowest BCUT2D eigenvalue weighted by molar-refractivity contribution is -0.314. The van der Waals surface area contributed by atoms with Gasteiger partial charge < -0.3 is 50.0 Å². The molecule has 8 rings (SSSR count). The molecule has 2 saturated heterocycles. The summed E-state index contributed by atoms with van der Waals surface area (Å²) in [6, 6.07) is 3.95. The van der Waals surface area contributed by atoms with Gasteiger partial charge in [-0.2, -0.15) is 10.1 Å². The quantitative estimate of drug-likeness (QED) is 0.259. The third-order valence-corrected chi connectivity index (χ3v) is 9.84. The molecule has 13 heteroatoms. The van der Waals surface area contributed by atoms with Crippen molar-refractivity contribution < 1.29 is 39.7 Å². The van der Waals surface area contributed by atoms with Gasteiger partial charge in [-0.25, -0.2) is 4.68 Å². The number of aromatic nitrogens is 3. The number of likely N-dealkylation sites (tertiary alicyclic amines) is 1. The number of nitrogens with zero attached hydrogens (tertiary/aromatic N) is 4. The van der Waals surface area contributed by atoms with E-state index >= 15 is 0 Å². The molecule has 0 saturated carbocycles. The van der Waals surface area contributed by atoms with Crippen LogP contribution >= 0.6 is 0 Å². The van der Waals surface area contributed by atoms with Crippen LogP contribution in [0.25, 0.3) is 0 Å². The number of piperidine rings is 1. The number of aryl methyl sites for hydroxylation is 1. The van der Waals surface area contributed by atoms with Crippen molar-refractivity contribution in [3.63, 3.8) is 0 Å². The number of anilines is 1. The second kappa shape index (κ2) is 8.61. The fraction of sp³-hybridized carbons (Fsp3) is 0.630. The van der Waals surface area contributed by atoms with Gasteiger partial charge in [0.15, 0.2) is 29.7 Å². The molecule has 1 aromatic carbocycles. The highest BCUT2D eigenvalue weighted by molar-refractivity contribution is 5.61. The maximum Gasteiger partial charge on any atom is 0.223 e. The highest BCUT2D eigenvalue weighted by atomic mass is 16.7. The molecule has 11 atom stereocenters. The van der Waals surface area contributed by atoms with Crippen molar-refractivity contribution in [2.45, 2.75) is 86.4 Å². The lowest BCUT2D eigenvalue weighted by atomic mass is 9.53. The molecule has 0 amide bonds. The fourth-order valence-corrected chi connectivity index (χ4v) is 7.87. The molecule has 1 aromatic heterocycles. The molecule has 2 bridgehead atoms. The molecule has 2 aliphatic carbocycles. The van der Waals surface area contributed by atoms with Crippen LogP contribution in [-0.2, 0) is 27.9 Å². The Hall–Kier alpha value is -2.78. The number of hydrogen-bond acceptors (Lipinski definition) is 12. The van der Waals surface area contributed by atoms with E-state index < -0.39 is 54.6 Å². The summed E-state index contributed by atoms with van der Waals surface area (Å²) < 4.78 is 20.5. The molecule has 6 N–H and O–H groups in total. The summed E-state index contributed by atoms with van der Waals surface area (Å²) in [4.78, 5) is 6.74. The summed E-state index contributed by atoms with van der Waals surface area (Å²) >= 11 is 0. The third kappa shape index (κ3) is 3.27. The van der Waals surface area contributed by atoms with Crippen molar-refractivity contribution in [3.05, 3.63) is 41.2 Å². The number of aliphatic hydroxyl groups is 4. The van der Waals surface area contributed by atoms with Gasteiger partial charge in [0.2, 0.25) is 5.95 Å². The van der Waals surface area contributed by atoms with E-state index in [-0.39, 0.29) is 23.5 Å². The zero-order chi connectivity index (χ0) is 27.5. The van der Waals surface area contributed by atoms with E-state index in [0.29, 0.717) is 24.7 Å². The number of likely N-dealkylation sites (N-methyl/N-ethyl adjacent to an activating group) is 1. The van der Waals surface area contributed by atoms with Gasteiger partial charge in [-0.3, -0.25) is 0 Å². The molecule has 6 unspecified atom stereocenters. The van der Waals surface area contributed by atoms with Crippen LogP contribution in [0, 0.1) is 5.92 Å². The van der Waals surface area contributed by atoms with Crippen molar-refractivity contribution in [1.82, 2.24) is 19.7 Å². The average molecular weight is 556 g/mol. The van der Waals surface area contributed by atoms with Crippen LogP contribution in [0.2, 0.25) is 0 Å². The van der Waals surface area contributed by atoms with Gasteiger partial charge in [0.05, 0.1) is 0 Å². The number of nitrogens with one attached hydrogen (secondary N) is 1. The third-order valence-electron chi connectivity index (χ3n) is 9.84. The Labute approximate surface area is 229 Å². The number of fused-ring (bicyclic) bond motifs is 1. The van der Waals surface area contributed by atoms with Crippen LogP contribution in [0.15, 0.2) is 24.3 Å². The standard InChI is InChI=1S/C27H33N5O8/c1-31-9-7-27-12-3-5-15(23(27)39-21-14(33)4-2-11(17(21)27)10-13(12)31)38-25-20(37)18(35)19(36)22(40-25)24-29-26-28-16(34)6-8-32(26)30-24/h2-5,12-13,15-16,18-20,22-23,25,33-37H,6-10H2,1H3,(H,28,29,30)/t12?,13-,15?,16?,18?,19+,20?,22?,23+,25-,27+/m1/s1. The van der Waals surface area contributed by atoms with Crippen molar-refractivity contribution in [2.24, 2.45) is 5.92 Å². The van der Waals surface area contributed by atoms with Gasteiger partial charge in [0, 0.05) is 35.9 Å². The number of rotatable bonds is 3. The average Bonchev–Trinajstić information content (AvgIpc) is 3.52. The van der Waals surface area contributed by atoms with Crippen LogP contribution < -0.4 is 10.1 Å². The van der Waals surface area contributed by atoms with Gasteiger partial charge in [0.1, 0.15) is 36.7 Å². The van der Waals surface area contributed by atoms with E-state index in [2.05, 4.69) is 33.4 Å². The van der Waals surface area contributed by atoms with Gasteiger partial charge in [-0.1, -0.05) is 18.2 Å². The van der Waals surface area contributed by atoms with Crippen LogP contribution in [0.5, 0.6) is 11.5 Å². The van der Waals surface area contributed by atoms with E-state index in [1.54, 1.807) is 10.7 Å². The first-order chi connectivity index (χ1) is 19.3. The van der Waals surface area contributed by atoms with Crippen molar-refractivity contribution >= 4 is 5.95 Å². The molecule has 4 aliphatic heterocycles. The van der Waals surface area contributed by atoms with Crippen LogP contribution in [0.4, 0.5) is 5.95 Å². The number of hydrogen-bond donors (Lipinski definition) is 6. The SMILES string of the molecule is CN1CC[C@]23c4c5ccc(O)c4O[C@H]2C(O[C@@H]2OC(c4nc6n(n4)CCC(O)N6)[C@@H](O)C(O)C2O)C=CC3[C@H]1C5. The van der Waals surface area contributed by atoms with Crippen LogP contribution in [-0.4, -0.2) is 108 Å². The Kier molecular flexibility index (Phi) is 5.38. The highest BCUT2D eigenvalue weighted by Gasteiger charge is 2.65. The Morgan fingerprint density at radius 1 is 1.10 bits per heavy atom. The first kappa shape index (κ1) is 25.0. The Morgan fingerprint density at radius 2 is 1.95 bits per heavy atom. The number of phenols is 1. The molecule has 6 aliphatic rings. The second-order valence-electron chi connectivity index (χ2n) is 11.9. The number of aromatic hydroxyl groups is 1. The minimum atomic E-state index is -1.58. The first-order valence-corrected chi connectivity index (χ1v) is 13.9. The number of phenolic OH excluding ortho intramolecular Hbond substituents is 1. The molecule has 0 radical (unpaired) electrons. The molecule has 40 heavy (non-hydrogen) atoms. The first-order valence-electron chi connectivity index (χ1n) is 13.9. The van der Waals surface area contributed by atoms with Crippen LogP contribution in [0.1, 0.15) is 35.9 Å². The smallest absolute Gasteiger partial charge is 0.223 e. The molecular weight excluding hydrogens is 522 g/mol. The Bertz CT molecular complexity index is 1380. The van der Waals surface area contributed by atoms with E-state index in [1.165, 1.54) is 5.56 Å². The molecule has 2 fully saturated rings. The van der Waals surface area contributed by atoms with E-state index in [4.69, 9.17) is 14.2 Å². The second-order valence-corrected chi connectivity index (χ2v) is 11.9. The van der Waals surface area contributed by atoms with Crippen molar-refractivity contribution in [3.8, 4) is 11.5 Å². The zero-order valence-corrected chi connectivity index (χ0v) is 21.9. The largest absolute Gasteiger partial charge is 0.504 e. The predicted molar refractivity (Wildman–Crippen MR) is 136 cm³/mol. The number of benzene rings is 1. The summed E-state index contributed by atoms with van der Waals surface area (Å²) in [6.45, 7) is 1.29. The molecule has 214 valence electrons. The van der Waals surface area contributed by atoms with E-state index in [1.807, 2.05) is 12.1 Å². The molecule has 13 nitrogen and oxygen atoms in total. The Morgan fingerprint density at radius 3 is 2.80 bits per heavy atom. The summed E-state index contributed by atoms with van der Waals surface area (Å²) in [6.07, 6.45) is -2.86. The Balaban J connectivity index is 1.12.